The van der Waals surface area contributed by atoms with Gasteiger partial charge in [0.25, 0.3) is 5.91 Å². The van der Waals surface area contributed by atoms with Gasteiger partial charge in [0.2, 0.25) is 5.75 Å². The van der Waals surface area contributed by atoms with Crippen molar-refractivity contribution in [2.75, 3.05) is 72.1 Å². The van der Waals surface area contributed by atoms with Gasteiger partial charge in [-0.2, -0.15) is 0 Å². The zero-order chi connectivity index (χ0) is 23.6. The van der Waals surface area contributed by atoms with Gasteiger partial charge >= 0.3 is 0 Å². The number of nitrogens with zero attached hydrogens (tertiary/aromatic N) is 2. The van der Waals surface area contributed by atoms with Crippen molar-refractivity contribution in [1.29, 1.82) is 0 Å². The van der Waals surface area contributed by atoms with E-state index in [0.29, 0.717) is 29.5 Å². The van der Waals surface area contributed by atoms with Crippen LogP contribution in [0.1, 0.15) is 12.0 Å². The molecule has 3 rings (SSSR count). The minimum atomic E-state index is -0.159. The van der Waals surface area contributed by atoms with Gasteiger partial charge in [-0.25, -0.2) is 0 Å². The first-order valence-corrected chi connectivity index (χ1v) is 11.3. The van der Waals surface area contributed by atoms with E-state index >= 15 is 0 Å². The predicted molar refractivity (Wildman–Crippen MR) is 129 cm³/mol. The van der Waals surface area contributed by atoms with E-state index in [9.17, 15) is 4.79 Å². The van der Waals surface area contributed by atoms with E-state index in [-0.39, 0.29) is 12.5 Å². The smallest absolute Gasteiger partial charge is 0.257 e. The van der Waals surface area contributed by atoms with E-state index in [4.69, 9.17) is 18.9 Å². The SMILES string of the molecule is COc1cc(OCC(=O)NCCCN2CCN(c3ccccc3C)CC2)cc(OC)c1OC. The quantitative estimate of drug-likeness (QED) is 0.520. The zero-order valence-electron chi connectivity index (χ0n) is 20.1. The largest absolute Gasteiger partial charge is 0.493 e. The lowest BCUT2D eigenvalue weighted by Crippen LogP contribution is -2.47. The maximum atomic E-state index is 12.2. The first kappa shape index (κ1) is 24.5. The van der Waals surface area contributed by atoms with E-state index < -0.39 is 0 Å². The summed E-state index contributed by atoms with van der Waals surface area (Å²) in [7, 11) is 4.62. The van der Waals surface area contributed by atoms with Crippen LogP contribution in [0.3, 0.4) is 0 Å². The number of carbonyl (C=O) groups excluding carboxylic acids is 1. The summed E-state index contributed by atoms with van der Waals surface area (Å²) in [6.07, 6.45) is 0.903. The molecule has 0 saturated carbocycles. The second kappa shape index (κ2) is 12.2. The van der Waals surface area contributed by atoms with Crippen LogP contribution >= 0.6 is 0 Å². The number of rotatable bonds is 11. The summed E-state index contributed by atoms with van der Waals surface area (Å²) in [6, 6.07) is 11.9. The number of amides is 1. The number of benzene rings is 2. The van der Waals surface area contributed by atoms with Gasteiger partial charge in [0.1, 0.15) is 5.75 Å². The number of carbonyl (C=O) groups is 1. The van der Waals surface area contributed by atoms with Crippen LogP contribution < -0.4 is 29.2 Å². The number of hydrogen-bond donors (Lipinski definition) is 1. The van der Waals surface area contributed by atoms with Crippen molar-refractivity contribution in [2.24, 2.45) is 0 Å². The number of hydrogen-bond acceptors (Lipinski definition) is 7. The van der Waals surface area contributed by atoms with Gasteiger partial charge in [0.15, 0.2) is 18.1 Å². The topological polar surface area (TPSA) is 72.5 Å². The van der Waals surface area contributed by atoms with Crippen LogP contribution in [0.5, 0.6) is 23.0 Å². The first-order chi connectivity index (χ1) is 16.0. The normalized spacial score (nSPS) is 14.0. The van der Waals surface area contributed by atoms with Crippen molar-refractivity contribution in [1.82, 2.24) is 10.2 Å². The maximum Gasteiger partial charge on any atom is 0.257 e. The van der Waals surface area contributed by atoms with Gasteiger partial charge in [-0.1, -0.05) is 18.2 Å². The van der Waals surface area contributed by atoms with Gasteiger partial charge in [0.05, 0.1) is 21.3 Å². The summed E-state index contributed by atoms with van der Waals surface area (Å²) in [5.41, 5.74) is 2.65. The van der Waals surface area contributed by atoms with E-state index in [1.54, 1.807) is 19.2 Å². The van der Waals surface area contributed by atoms with Gasteiger partial charge in [-0.05, 0) is 31.5 Å². The van der Waals surface area contributed by atoms with Crippen molar-refractivity contribution in [3.63, 3.8) is 0 Å². The Morgan fingerprint density at radius 3 is 2.24 bits per heavy atom. The monoisotopic (exact) mass is 457 g/mol. The molecule has 0 aromatic heterocycles. The van der Waals surface area contributed by atoms with Gasteiger partial charge in [0, 0.05) is 50.5 Å². The van der Waals surface area contributed by atoms with Crippen LogP contribution in [0.25, 0.3) is 0 Å². The van der Waals surface area contributed by atoms with Crippen LogP contribution in [0, 0.1) is 6.92 Å². The molecule has 1 amide bonds. The van der Waals surface area contributed by atoms with E-state index in [1.807, 2.05) is 0 Å². The van der Waals surface area contributed by atoms with E-state index in [1.165, 1.54) is 25.5 Å². The summed E-state index contributed by atoms with van der Waals surface area (Å²) >= 11 is 0. The molecule has 1 aliphatic rings. The zero-order valence-corrected chi connectivity index (χ0v) is 20.1. The third-order valence-corrected chi connectivity index (χ3v) is 5.81. The Balaban J connectivity index is 1.35. The Morgan fingerprint density at radius 2 is 1.64 bits per heavy atom. The Labute approximate surface area is 196 Å². The third kappa shape index (κ3) is 6.68. The molecular weight excluding hydrogens is 422 g/mol. The molecule has 1 fully saturated rings. The molecule has 1 saturated heterocycles. The van der Waals surface area contributed by atoms with Crippen molar-refractivity contribution in [3.8, 4) is 23.0 Å². The molecule has 0 bridgehead atoms. The molecule has 0 spiro atoms. The summed E-state index contributed by atoms with van der Waals surface area (Å²) in [5.74, 6) is 1.76. The Morgan fingerprint density at radius 1 is 0.970 bits per heavy atom. The Bertz CT molecular complexity index is 888. The van der Waals surface area contributed by atoms with Crippen molar-refractivity contribution >= 4 is 11.6 Å². The van der Waals surface area contributed by atoms with Crippen LogP contribution in [0.4, 0.5) is 5.69 Å². The molecule has 8 nitrogen and oxygen atoms in total. The molecule has 1 aliphatic heterocycles. The highest BCUT2D eigenvalue weighted by Crippen LogP contribution is 2.40. The van der Waals surface area contributed by atoms with Crippen molar-refractivity contribution in [2.45, 2.75) is 13.3 Å². The average molecular weight is 458 g/mol. The van der Waals surface area contributed by atoms with Crippen LogP contribution in [-0.2, 0) is 4.79 Å². The number of piperazine rings is 1. The number of nitrogens with one attached hydrogen (secondary N) is 1. The molecule has 0 radical (unpaired) electrons. The maximum absolute atomic E-state index is 12.2. The van der Waals surface area contributed by atoms with Crippen molar-refractivity contribution in [3.05, 3.63) is 42.0 Å². The molecule has 8 heteroatoms. The predicted octanol–water partition coefficient (Wildman–Crippen LogP) is 2.73. The highest BCUT2D eigenvalue weighted by molar-refractivity contribution is 5.77. The molecule has 0 unspecified atom stereocenters. The molecule has 2 aromatic rings. The first-order valence-electron chi connectivity index (χ1n) is 11.3. The summed E-state index contributed by atoms with van der Waals surface area (Å²) in [5, 5.41) is 2.93. The van der Waals surface area contributed by atoms with Gasteiger partial charge in [-0.3, -0.25) is 9.69 Å². The molecular formula is C25H35N3O5. The van der Waals surface area contributed by atoms with E-state index in [2.05, 4.69) is 46.3 Å². The number of aryl methyl sites for hydroxylation is 1. The molecule has 1 N–H and O–H groups in total. The van der Waals surface area contributed by atoms with Crippen LogP contribution in [0.15, 0.2) is 36.4 Å². The Hall–Kier alpha value is -3.13. The molecule has 33 heavy (non-hydrogen) atoms. The number of para-hydroxylation sites is 1. The fraction of sp³-hybridized carbons (Fsp3) is 0.480. The molecule has 2 aromatic carbocycles. The second-order valence-electron chi connectivity index (χ2n) is 7.97. The number of ether oxygens (including phenoxy) is 4. The van der Waals surface area contributed by atoms with Gasteiger partial charge in [-0.15, -0.1) is 0 Å². The Kier molecular flexibility index (Phi) is 9.06. The van der Waals surface area contributed by atoms with Crippen LogP contribution in [-0.4, -0.2) is 78.0 Å². The minimum Gasteiger partial charge on any atom is -0.493 e. The number of methoxy groups -OCH3 is 3. The molecule has 0 atom stereocenters. The highest BCUT2D eigenvalue weighted by atomic mass is 16.5. The summed E-state index contributed by atoms with van der Waals surface area (Å²) < 4.78 is 21.5. The number of anilines is 1. The molecule has 1 heterocycles. The molecule has 180 valence electrons. The summed E-state index contributed by atoms with van der Waals surface area (Å²) in [4.78, 5) is 17.1. The lowest BCUT2D eigenvalue weighted by molar-refractivity contribution is -0.123. The molecule has 0 aliphatic carbocycles. The highest BCUT2D eigenvalue weighted by Gasteiger charge is 2.18. The lowest BCUT2D eigenvalue weighted by Gasteiger charge is -2.36. The van der Waals surface area contributed by atoms with Crippen LogP contribution in [0.2, 0.25) is 0 Å². The second-order valence-corrected chi connectivity index (χ2v) is 7.97. The standard InChI is InChI=1S/C25H35N3O5/c1-19-8-5-6-9-21(19)28-14-12-27(13-15-28)11-7-10-26-24(29)18-33-20-16-22(30-2)25(32-4)23(17-20)31-3/h5-6,8-9,16-17H,7,10-15,18H2,1-4H3,(H,26,29). The summed E-state index contributed by atoms with van der Waals surface area (Å²) in [6.45, 7) is 7.80. The minimum absolute atomic E-state index is 0.0757. The third-order valence-electron chi connectivity index (χ3n) is 5.81. The van der Waals surface area contributed by atoms with Crippen molar-refractivity contribution < 1.29 is 23.7 Å². The lowest BCUT2D eigenvalue weighted by atomic mass is 10.1. The van der Waals surface area contributed by atoms with Gasteiger partial charge < -0.3 is 29.2 Å². The fourth-order valence-electron chi connectivity index (χ4n) is 4.00. The fourth-order valence-corrected chi connectivity index (χ4v) is 4.00. The average Bonchev–Trinajstić information content (AvgIpc) is 2.85. The van der Waals surface area contributed by atoms with E-state index in [0.717, 1.165) is 39.1 Å².